The summed E-state index contributed by atoms with van der Waals surface area (Å²) in [5.74, 6) is 0.437. The predicted octanol–water partition coefficient (Wildman–Crippen LogP) is 3.94. The van der Waals surface area contributed by atoms with Gasteiger partial charge in [-0.25, -0.2) is 4.39 Å². The number of para-hydroxylation sites is 1. The molecule has 23 heavy (non-hydrogen) atoms. The molecule has 0 saturated carbocycles. The van der Waals surface area contributed by atoms with Crippen molar-refractivity contribution in [3.63, 3.8) is 0 Å². The molecule has 4 nitrogen and oxygen atoms in total. The van der Waals surface area contributed by atoms with E-state index >= 15 is 0 Å². The lowest BCUT2D eigenvalue weighted by molar-refractivity contribution is 0.317. The maximum atomic E-state index is 13.1. The zero-order valence-electron chi connectivity index (χ0n) is 12.8. The number of hydrogen-bond donors (Lipinski definition) is 2. The molecule has 0 aromatic heterocycles. The average molecular weight is 331 g/mol. The minimum absolute atomic E-state index is 0.277. The standard InChI is InChI=1S/C17H18FN3OS/c1-2-10-22-16-9-4-3-6-13(16)12-19-21-17(23)20-15-8-5-7-14(18)11-15/h3-9,11-12H,2,10H2,1H3,(H2,20,21,23)/b19-12-. The van der Waals surface area contributed by atoms with E-state index in [4.69, 9.17) is 17.0 Å². The SMILES string of the molecule is CCCOc1ccccc1/C=N\NC(=S)Nc1cccc(F)c1. The molecule has 0 aliphatic rings. The van der Waals surface area contributed by atoms with Crippen molar-refractivity contribution < 1.29 is 9.13 Å². The van der Waals surface area contributed by atoms with Crippen LogP contribution in [-0.4, -0.2) is 17.9 Å². The Kier molecular flexibility index (Phi) is 6.50. The molecule has 0 saturated heterocycles. The van der Waals surface area contributed by atoms with Crippen molar-refractivity contribution in [2.24, 2.45) is 5.10 Å². The zero-order chi connectivity index (χ0) is 16.5. The second-order valence-corrected chi connectivity index (χ2v) is 5.13. The van der Waals surface area contributed by atoms with Gasteiger partial charge in [0.25, 0.3) is 0 Å². The van der Waals surface area contributed by atoms with Crippen molar-refractivity contribution in [1.82, 2.24) is 5.43 Å². The smallest absolute Gasteiger partial charge is 0.191 e. The first-order valence-corrected chi connectivity index (χ1v) is 7.67. The second-order valence-electron chi connectivity index (χ2n) is 4.72. The van der Waals surface area contributed by atoms with Crippen LogP contribution in [0.15, 0.2) is 53.6 Å². The summed E-state index contributed by atoms with van der Waals surface area (Å²) >= 11 is 5.11. The van der Waals surface area contributed by atoms with Gasteiger partial charge in [-0.05, 0) is 49.0 Å². The lowest BCUT2D eigenvalue weighted by atomic mass is 10.2. The number of anilines is 1. The van der Waals surface area contributed by atoms with Crippen LogP contribution >= 0.6 is 12.2 Å². The zero-order valence-corrected chi connectivity index (χ0v) is 13.6. The molecule has 0 radical (unpaired) electrons. The van der Waals surface area contributed by atoms with Gasteiger partial charge in [0.2, 0.25) is 0 Å². The molecule has 2 N–H and O–H groups in total. The van der Waals surface area contributed by atoms with E-state index in [9.17, 15) is 4.39 Å². The Morgan fingerprint density at radius 1 is 1.26 bits per heavy atom. The van der Waals surface area contributed by atoms with E-state index in [2.05, 4.69) is 22.8 Å². The maximum Gasteiger partial charge on any atom is 0.191 e. The number of rotatable bonds is 6. The van der Waals surface area contributed by atoms with Crippen LogP contribution in [0.2, 0.25) is 0 Å². The Labute approximate surface area is 140 Å². The number of nitrogens with one attached hydrogen (secondary N) is 2. The highest BCUT2D eigenvalue weighted by atomic mass is 32.1. The molecule has 0 spiro atoms. The van der Waals surface area contributed by atoms with Gasteiger partial charge in [-0.2, -0.15) is 5.10 Å². The van der Waals surface area contributed by atoms with Crippen LogP contribution in [0.25, 0.3) is 0 Å². The summed E-state index contributed by atoms with van der Waals surface area (Å²) in [6, 6.07) is 13.6. The Balaban J connectivity index is 1.92. The molecule has 6 heteroatoms. The van der Waals surface area contributed by atoms with Crippen LogP contribution in [0.3, 0.4) is 0 Å². The van der Waals surface area contributed by atoms with Crippen LogP contribution in [-0.2, 0) is 0 Å². The molecule has 2 rings (SSSR count). The Bertz CT molecular complexity index is 691. The monoisotopic (exact) mass is 331 g/mol. The highest BCUT2D eigenvalue weighted by molar-refractivity contribution is 7.80. The van der Waals surface area contributed by atoms with Crippen LogP contribution in [0.1, 0.15) is 18.9 Å². The third-order valence-electron chi connectivity index (χ3n) is 2.83. The summed E-state index contributed by atoms with van der Waals surface area (Å²) < 4.78 is 18.7. The first kappa shape index (κ1) is 16.9. The van der Waals surface area contributed by atoms with Gasteiger partial charge in [0.15, 0.2) is 5.11 Å². The Morgan fingerprint density at radius 3 is 2.87 bits per heavy atom. The van der Waals surface area contributed by atoms with E-state index in [-0.39, 0.29) is 10.9 Å². The second kappa shape index (κ2) is 8.85. The molecule has 0 aliphatic carbocycles. The van der Waals surface area contributed by atoms with Gasteiger partial charge in [0.05, 0.1) is 12.8 Å². The number of nitrogens with zero attached hydrogens (tertiary/aromatic N) is 1. The summed E-state index contributed by atoms with van der Waals surface area (Å²) in [4.78, 5) is 0. The largest absolute Gasteiger partial charge is 0.493 e. The van der Waals surface area contributed by atoms with Crippen molar-refractivity contribution >= 4 is 29.2 Å². The van der Waals surface area contributed by atoms with Gasteiger partial charge in [-0.1, -0.05) is 25.1 Å². The average Bonchev–Trinajstić information content (AvgIpc) is 2.54. The van der Waals surface area contributed by atoms with Gasteiger partial charge in [0.1, 0.15) is 11.6 Å². The van der Waals surface area contributed by atoms with Crippen molar-refractivity contribution in [1.29, 1.82) is 0 Å². The fourth-order valence-electron chi connectivity index (χ4n) is 1.82. The Morgan fingerprint density at radius 2 is 2.09 bits per heavy atom. The molecule has 0 aliphatic heterocycles. The number of halogens is 1. The molecule has 120 valence electrons. The van der Waals surface area contributed by atoms with Gasteiger partial charge in [-0.3, -0.25) is 5.43 Å². The maximum absolute atomic E-state index is 13.1. The first-order chi connectivity index (χ1) is 11.2. The summed E-state index contributed by atoms with van der Waals surface area (Å²) in [5.41, 5.74) is 4.10. The van der Waals surface area contributed by atoms with E-state index in [1.54, 1.807) is 18.3 Å². The van der Waals surface area contributed by atoms with Crippen LogP contribution in [0.5, 0.6) is 5.75 Å². The highest BCUT2D eigenvalue weighted by Crippen LogP contribution is 2.16. The normalized spacial score (nSPS) is 10.5. The molecule has 0 unspecified atom stereocenters. The molecule has 2 aromatic rings. The topological polar surface area (TPSA) is 45.6 Å². The van der Waals surface area contributed by atoms with Gasteiger partial charge in [0, 0.05) is 11.3 Å². The summed E-state index contributed by atoms with van der Waals surface area (Å²) in [6.45, 7) is 2.70. The number of ether oxygens (including phenoxy) is 1. The van der Waals surface area contributed by atoms with Crippen molar-refractivity contribution in [3.05, 3.63) is 59.9 Å². The van der Waals surface area contributed by atoms with Gasteiger partial charge in [-0.15, -0.1) is 0 Å². The van der Waals surface area contributed by atoms with Crippen LogP contribution in [0, 0.1) is 5.82 Å². The van der Waals surface area contributed by atoms with E-state index < -0.39 is 0 Å². The molecule has 2 aromatic carbocycles. The lowest BCUT2D eigenvalue weighted by Crippen LogP contribution is -2.23. The number of hydrazone groups is 1. The summed E-state index contributed by atoms with van der Waals surface area (Å²) in [5, 5.41) is 7.21. The molecule has 0 bridgehead atoms. The van der Waals surface area contributed by atoms with E-state index in [1.165, 1.54) is 12.1 Å². The fourth-order valence-corrected chi connectivity index (χ4v) is 1.99. The molecule has 0 amide bonds. The van der Waals surface area contributed by atoms with Crippen LogP contribution in [0.4, 0.5) is 10.1 Å². The molecule has 0 heterocycles. The predicted molar refractivity (Wildman–Crippen MR) is 95.6 cm³/mol. The van der Waals surface area contributed by atoms with E-state index in [0.29, 0.717) is 12.3 Å². The molecule has 0 atom stereocenters. The van der Waals surface area contributed by atoms with E-state index in [0.717, 1.165) is 17.7 Å². The lowest BCUT2D eigenvalue weighted by Gasteiger charge is -2.08. The third kappa shape index (κ3) is 5.67. The van der Waals surface area contributed by atoms with Crippen molar-refractivity contribution in [2.45, 2.75) is 13.3 Å². The number of hydrogen-bond acceptors (Lipinski definition) is 3. The van der Waals surface area contributed by atoms with Gasteiger partial charge >= 0.3 is 0 Å². The molecule has 0 fully saturated rings. The third-order valence-corrected chi connectivity index (χ3v) is 3.03. The summed E-state index contributed by atoms with van der Waals surface area (Å²) in [6.07, 6.45) is 2.57. The van der Waals surface area contributed by atoms with Gasteiger partial charge < -0.3 is 10.1 Å². The first-order valence-electron chi connectivity index (χ1n) is 7.26. The minimum Gasteiger partial charge on any atom is -0.493 e. The summed E-state index contributed by atoms with van der Waals surface area (Å²) in [7, 11) is 0. The minimum atomic E-state index is -0.330. The van der Waals surface area contributed by atoms with Crippen molar-refractivity contribution in [3.8, 4) is 5.75 Å². The van der Waals surface area contributed by atoms with E-state index in [1.807, 2.05) is 24.3 Å². The highest BCUT2D eigenvalue weighted by Gasteiger charge is 2.00. The van der Waals surface area contributed by atoms with Crippen LogP contribution < -0.4 is 15.5 Å². The number of thiocarbonyl (C=S) groups is 1. The molecular weight excluding hydrogens is 313 g/mol. The Hall–Kier alpha value is -2.47. The quantitative estimate of drug-likeness (QED) is 0.478. The fraction of sp³-hybridized carbons (Fsp3) is 0.176. The van der Waals surface area contributed by atoms with Crippen molar-refractivity contribution in [2.75, 3.05) is 11.9 Å². The number of benzene rings is 2. The molecular formula is C17H18FN3OS.